The van der Waals surface area contributed by atoms with Crippen LogP contribution in [-0.2, 0) is 0 Å². The minimum atomic E-state index is -1.57. The number of phenols is 1. The van der Waals surface area contributed by atoms with Crippen molar-refractivity contribution < 1.29 is 39.6 Å². The van der Waals surface area contributed by atoms with Crippen LogP contribution < -0.4 is 5.32 Å². The van der Waals surface area contributed by atoms with Crippen LogP contribution in [0, 0.1) is 5.41 Å². The molecular weight excluding hydrogens is 430 g/mol. The van der Waals surface area contributed by atoms with E-state index in [1.54, 1.807) is 12.1 Å². The molecule has 3 rings (SSSR count). The smallest absolute Gasteiger partial charge is 0.339 e. The molecule has 0 aromatic heterocycles. The second-order valence-corrected chi connectivity index (χ2v) is 9.03. The first-order valence-corrected chi connectivity index (χ1v) is 10.4. The van der Waals surface area contributed by atoms with Gasteiger partial charge < -0.3 is 25.7 Å². The van der Waals surface area contributed by atoms with Crippen LogP contribution in [0.5, 0.6) is 5.75 Å². The molecule has 33 heavy (non-hydrogen) atoms. The summed E-state index contributed by atoms with van der Waals surface area (Å²) in [5, 5.41) is 40.5. The lowest BCUT2D eigenvalue weighted by atomic mass is 9.71. The van der Waals surface area contributed by atoms with Crippen molar-refractivity contribution in [1.82, 2.24) is 0 Å². The number of aromatic hydroxyl groups is 1. The maximum atomic E-state index is 12.9. The van der Waals surface area contributed by atoms with Gasteiger partial charge in [-0.1, -0.05) is 19.9 Å². The van der Waals surface area contributed by atoms with Crippen LogP contribution >= 0.6 is 0 Å². The average molecular weight is 455 g/mol. The number of nitrogens with one attached hydrogen (secondary N) is 1. The molecule has 2 aromatic carbocycles. The molecular formula is C24H25NO8. The van der Waals surface area contributed by atoms with Crippen LogP contribution in [0.15, 0.2) is 30.3 Å². The lowest BCUT2D eigenvalue weighted by Gasteiger charge is -2.34. The Kier molecular flexibility index (Phi) is 6.44. The molecule has 9 nitrogen and oxygen atoms in total. The molecule has 1 saturated carbocycles. The first-order valence-electron chi connectivity index (χ1n) is 10.4. The first kappa shape index (κ1) is 23.8. The van der Waals surface area contributed by atoms with Crippen molar-refractivity contribution in [2.45, 2.75) is 45.4 Å². The lowest BCUT2D eigenvalue weighted by molar-refractivity contribution is 0.0679. The highest BCUT2D eigenvalue weighted by molar-refractivity contribution is 6.13. The second-order valence-electron chi connectivity index (χ2n) is 9.03. The summed E-state index contributed by atoms with van der Waals surface area (Å²) in [6.07, 6.45) is 3.86. The summed E-state index contributed by atoms with van der Waals surface area (Å²) in [5.74, 6) is -5.97. The van der Waals surface area contributed by atoms with Gasteiger partial charge in [0, 0.05) is 0 Å². The quantitative estimate of drug-likeness (QED) is 0.427. The Morgan fingerprint density at radius 2 is 1.39 bits per heavy atom. The number of hydrogen-bond donors (Lipinski definition) is 5. The molecule has 174 valence electrons. The predicted molar refractivity (Wildman–Crippen MR) is 118 cm³/mol. The molecule has 0 bridgehead atoms. The average Bonchev–Trinajstić information content (AvgIpc) is 2.72. The second kappa shape index (κ2) is 8.93. The van der Waals surface area contributed by atoms with Crippen molar-refractivity contribution in [2.24, 2.45) is 5.41 Å². The lowest BCUT2D eigenvalue weighted by Crippen LogP contribution is -2.21. The van der Waals surface area contributed by atoms with Crippen molar-refractivity contribution in [3.05, 3.63) is 58.1 Å². The zero-order chi connectivity index (χ0) is 24.5. The third-order valence-corrected chi connectivity index (χ3v) is 6.17. The summed E-state index contributed by atoms with van der Waals surface area (Å²) in [5.41, 5.74) is -0.868. The molecule has 5 N–H and O–H groups in total. The maximum absolute atomic E-state index is 12.9. The van der Waals surface area contributed by atoms with Crippen molar-refractivity contribution in [2.75, 3.05) is 5.32 Å². The summed E-state index contributed by atoms with van der Waals surface area (Å²) in [6.45, 7) is 4.40. The summed E-state index contributed by atoms with van der Waals surface area (Å²) >= 11 is 0. The fraction of sp³-hybridized carbons (Fsp3) is 0.333. The van der Waals surface area contributed by atoms with Gasteiger partial charge in [-0.3, -0.25) is 4.79 Å². The fourth-order valence-electron chi connectivity index (χ4n) is 4.15. The molecule has 0 saturated heterocycles. The van der Waals surface area contributed by atoms with Crippen molar-refractivity contribution >= 4 is 29.5 Å². The van der Waals surface area contributed by atoms with Gasteiger partial charge in [-0.25, -0.2) is 14.4 Å². The SMILES string of the molecule is CC1(C)CCC(c2ccc(C(=O)O)c(NC(=O)c3cc(O)c(C(=O)O)cc3C(=O)O)c2)CC1. The molecule has 2 aromatic rings. The van der Waals surface area contributed by atoms with E-state index in [4.69, 9.17) is 5.11 Å². The summed E-state index contributed by atoms with van der Waals surface area (Å²) in [7, 11) is 0. The molecule has 0 radical (unpaired) electrons. The van der Waals surface area contributed by atoms with Gasteiger partial charge in [-0.15, -0.1) is 0 Å². The third kappa shape index (κ3) is 5.14. The Labute approximate surface area is 189 Å². The Morgan fingerprint density at radius 1 is 0.818 bits per heavy atom. The van der Waals surface area contributed by atoms with Crippen LogP contribution in [0.2, 0.25) is 0 Å². The number of carboxylic acid groups (broad SMARTS) is 3. The number of hydrogen-bond acceptors (Lipinski definition) is 5. The van der Waals surface area contributed by atoms with Gasteiger partial charge in [-0.2, -0.15) is 0 Å². The van der Waals surface area contributed by atoms with Gasteiger partial charge >= 0.3 is 17.9 Å². The van der Waals surface area contributed by atoms with E-state index in [-0.39, 0.29) is 22.6 Å². The Morgan fingerprint density at radius 3 is 1.94 bits per heavy atom. The van der Waals surface area contributed by atoms with Crippen molar-refractivity contribution in [3.8, 4) is 5.75 Å². The number of carbonyl (C=O) groups is 4. The van der Waals surface area contributed by atoms with E-state index in [0.717, 1.165) is 37.3 Å². The molecule has 9 heteroatoms. The molecule has 1 amide bonds. The van der Waals surface area contributed by atoms with Crippen LogP contribution in [0.4, 0.5) is 5.69 Å². The molecule has 0 unspecified atom stereocenters. The van der Waals surface area contributed by atoms with Gasteiger partial charge in [0.1, 0.15) is 11.3 Å². The Hall–Kier alpha value is -3.88. The number of rotatable bonds is 6. The molecule has 1 aliphatic rings. The number of carbonyl (C=O) groups excluding carboxylic acids is 1. The van der Waals surface area contributed by atoms with E-state index >= 15 is 0 Å². The number of carboxylic acids is 3. The van der Waals surface area contributed by atoms with Gasteiger partial charge in [-0.05, 0) is 66.8 Å². The predicted octanol–water partition coefficient (Wildman–Crippen LogP) is 4.42. The first-order chi connectivity index (χ1) is 15.4. The maximum Gasteiger partial charge on any atom is 0.339 e. The zero-order valence-electron chi connectivity index (χ0n) is 18.2. The van der Waals surface area contributed by atoms with E-state index in [0.29, 0.717) is 6.07 Å². The molecule has 0 spiro atoms. The minimum Gasteiger partial charge on any atom is -0.507 e. The topological polar surface area (TPSA) is 161 Å². The van der Waals surface area contributed by atoms with Crippen LogP contribution in [0.25, 0.3) is 0 Å². The summed E-state index contributed by atoms with van der Waals surface area (Å²) < 4.78 is 0. The van der Waals surface area contributed by atoms with Gasteiger partial charge in [0.15, 0.2) is 0 Å². The minimum absolute atomic E-state index is 0.00651. The highest BCUT2D eigenvalue weighted by Gasteiger charge is 2.29. The molecule has 0 atom stereocenters. The highest BCUT2D eigenvalue weighted by Crippen LogP contribution is 2.43. The van der Waals surface area contributed by atoms with Crippen molar-refractivity contribution in [3.63, 3.8) is 0 Å². The molecule has 0 heterocycles. The number of benzene rings is 2. The monoisotopic (exact) mass is 455 g/mol. The number of amides is 1. The summed E-state index contributed by atoms with van der Waals surface area (Å²) in [4.78, 5) is 47.4. The Bertz CT molecular complexity index is 1140. The molecule has 1 aliphatic carbocycles. The van der Waals surface area contributed by atoms with E-state index in [1.807, 2.05) is 0 Å². The number of anilines is 1. The van der Waals surface area contributed by atoms with E-state index in [9.17, 15) is 34.5 Å². The van der Waals surface area contributed by atoms with Crippen LogP contribution in [0.3, 0.4) is 0 Å². The largest absolute Gasteiger partial charge is 0.507 e. The van der Waals surface area contributed by atoms with Crippen LogP contribution in [-0.4, -0.2) is 44.2 Å². The highest BCUT2D eigenvalue weighted by atomic mass is 16.4. The zero-order valence-corrected chi connectivity index (χ0v) is 18.2. The van der Waals surface area contributed by atoms with E-state index < -0.39 is 46.3 Å². The third-order valence-electron chi connectivity index (χ3n) is 6.17. The van der Waals surface area contributed by atoms with Crippen LogP contribution in [0.1, 0.15) is 92.4 Å². The van der Waals surface area contributed by atoms with Gasteiger partial charge in [0.05, 0.1) is 22.4 Å². The molecule has 1 fully saturated rings. The normalized spacial score (nSPS) is 15.6. The van der Waals surface area contributed by atoms with Crippen molar-refractivity contribution in [1.29, 1.82) is 0 Å². The summed E-state index contributed by atoms with van der Waals surface area (Å²) in [6, 6.07) is 6.13. The molecule has 0 aliphatic heterocycles. The Balaban J connectivity index is 1.97. The van der Waals surface area contributed by atoms with Gasteiger partial charge in [0.2, 0.25) is 0 Å². The van der Waals surface area contributed by atoms with E-state index in [2.05, 4.69) is 19.2 Å². The fourth-order valence-corrected chi connectivity index (χ4v) is 4.15. The van der Waals surface area contributed by atoms with Gasteiger partial charge in [0.25, 0.3) is 5.91 Å². The standard InChI is InChI=1S/C24H25NO8/c1-24(2)7-5-12(6-8-24)13-3-4-14(21(28)29)18(9-13)25-20(27)15-11-19(26)17(23(32)33)10-16(15)22(30)31/h3-4,9-12,26H,5-8H2,1-2H3,(H,25,27)(H,28,29)(H,30,31)(H,32,33). The number of aromatic carboxylic acids is 3. The van der Waals surface area contributed by atoms with E-state index in [1.165, 1.54) is 6.07 Å².